The van der Waals surface area contributed by atoms with Crippen molar-refractivity contribution in [2.24, 2.45) is 0 Å². The fourth-order valence-corrected chi connectivity index (χ4v) is 1.55. The maximum Gasteiger partial charge on any atom is 0.263 e. The Balaban J connectivity index is 3.21. The Kier molecular flexibility index (Phi) is 3.39. The number of halogens is 5. The average Bonchev–Trinajstić information content (AvgIpc) is 1.99. The van der Waals surface area contributed by atoms with Gasteiger partial charge in [0.2, 0.25) is 0 Å². The molecule has 5 heteroatoms. The fourth-order valence-electron chi connectivity index (χ4n) is 0.701. The Hall–Kier alpha value is 0.220. The van der Waals surface area contributed by atoms with Crippen molar-refractivity contribution in [3.05, 3.63) is 31.6 Å². The van der Waals surface area contributed by atoms with Gasteiger partial charge in [-0.1, -0.05) is 0 Å². The zero-order valence-electron chi connectivity index (χ0n) is 5.62. The van der Waals surface area contributed by atoms with Gasteiger partial charge in [0.15, 0.2) is 0 Å². The van der Waals surface area contributed by atoms with Crippen LogP contribution >= 0.6 is 38.5 Å². The molecule has 0 unspecified atom stereocenters. The zero-order chi connectivity index (χ0) is 9.30. The van der Waals surface area contributed by atoms with E-state index in [1.165, 1.54) is 6.07 Å². The standard InChI is InChI=1S/C7H3BrF3I/c8-6-4(9)1-3(7(10)11)2-5(6)12/h1-2,7H. The van der Waals surface area contributed by atoms with Crippen LogP contribution in [0.15, 0.2) is 16.6 Å². The maximum atomic E-state index is 12.8. The summed E-state index contributed by atoms with van der Waals surface area (Å²) in [4.78, 5) is 0. The fraction of sp³-hybridized carbons (Fsp3) is 0.143. The molecule has 0 N–H and O–H groups in total. The summed E-state index contributed by atoms with van der Waals surface area (Å²) in [6.07, 6.45) is -2.62. The highest BCUT2D eigenvalue weighted by Crippen LogP contribution is 2.28. The summed E-state index contributed by atoms with van der Waals surface area (Å²) >= 11 is 4.72. The first-order valence-corrected chi connectivity index (χ1v) is 4.82. The second-order valence-electron chi connectivity index (χ2n) is 2.10. The van der Waals surface area contributed by atoms with Crippen molar-refractivity contribution in [3.63, 3.8) is 0 Å². The lowest BCUT2D eigenvalue weighted by molar-refractivity contribution is 0.151. The van der Waals surface area contributed by atoms with Gasteiger partial charge in [-0.2, -0.15) is 0 Å². The molecule has 12 heavy (non-hydrogen) atoms. The van der Waals surface area contributed by atoms with Gasteiger partial charge >= 0.3 is 0 Å². The van der Waals surface area contributed by atoms with Crippen LogP contribution in [0.1, 0.15) is 12.0 Å². The first-order valence-electron chi connectivity index (χ1n) is 2.95. The topological polar surface area (TPSA) is 0 Å². The van der Waals surface area contributed by atoms with E-state index in [9.17, 15) is 13.2 Å². The minimum Gasteiger partial charge on any atom is -0.206 e. The molecule has 0 fully saturated rings. The van der Waals surface area contributed by atoms with Gasteiger partial charge in [-0.05, 0) is 50.7 Å². The Morgan fingerprint density at radius 3 is 2.33 bits per heavy atom. The van der Waals surface area contributed by atoms with Crippen LogP contribution in [-0.2, 0) is 0 Å². The van der Waals surface area contributed by atoms with Crippen LogP contribution < -0.4 is 0 Å². The lowest BCUT2D eigenvalue weighted by Crippen LogP contribution is -1.90. The SMILES string of the molecule is Fc1cc(C(F)F)cc(I)c1Br. The van der Waals surface area contributed by atoms with Crippen molar-refractivity contribution in [2.75, 3.05) is 0 Å². The van der Waals surface area contributed by atoms with E-state index >= 15 is 0 Å². The third kappa shape index (κ3) is 2.12. The second kappa shape index (κ2) is 3.95. The molecule has 0 heterocycles. The third-order valence-corrected chi connectivity index (χ3v) is 3.66. The summed E-state index contributed by atoms with van der Waals surface area (Å²) in [5.41, 5.74) is -0.292. The van der Waals surface area contributed by atoms with Gasteiger partial charge < -0.3 is 0 Å². The Morgan fingerprint density at radius 1 is 1.33 bits per heavy atom. The number of hydrogen-bond acceptors (Lipinski definition) is 0. The largest absolute Gasteiger partial charge is 0.263 e. The van der Waals surface area contributed by atoms with Crippen LogP contribution in [0.2, 0.25) is 0 Å². The van der Waals surface area contributed by atoms with E-state index in [2.05, 4.69) is 15.9 Å². The van der Waals surface area contributed by atoms with E-state index in [0.29, 0.717) is 3.57 Å². The first-order chi connectivity index (χ1) is 5.52. The van der Waals surface area contributed by atoms with Crippen molar-refractivity contribution in [3.8, 4) is 0 Å². The van der Waals surface area contributed by atoms with Crippen LogP contribution in [-0.4, -0.2) is 0 Å². The van der Waals surface area contributed by atoms with E-state index in [1.807, 2.05) is 0 Å². The first kappa shape index (κ1) is 10.3. The number of alkyl halides is 2. The quantitative estimate of drug-likeness (QED) is 0.527. The molecule has 0 aromatic heterocycles. The highest BCUT2D eigenvalue weighted by molar-refractivity contribution is 14.1. The molecule has 1 aromatic carbocycles. The van der Waals surface area contributed by atoms with Crippen molar-refractivity contribution < 1.29 is 13.2 Å². The normalized spacial score (nSPS) is 10.8. The molecule has 0 amide bonds. The summed E-state index contributed by atoms with van der Waals surface area (Å²) in [5, 5.41) is 0. The van der Waals surface area contributed by atoms with Gasteiger partial charge in [0.1, 0.15) is 5.82 Å². The molecule has 66 valence electrons. The van der Waals surface area contributed by atoms with Crippen molar-refractivity contribution in [1.82, 2.24) is 0 Å². The van der Waals surface area contributed by atoms with Crippen LogP contribution in [0, 0.1) is 9.39 Å². The molecule has 1 rings (SSSR count). The van der Waals surface area contributed by atoms with Gasteiger partial charge in [-0.25, -0.2) is 13.2 Å². The van der Waals surface area contributed by atoms with Crippen LogP contribution in [0.4, 0.5) is 13.2 Å². The van der Waals surface area contributed by atoms with E-state index in [1.54, 1.807) is 22.6 Å². The molecule has 0 saturated heterocycles. The zero-order valence-corrected chi connectivity index (χ0v) is 9.37. The third-order valence-electron chi connectivity index (χ3n) is 1.26. The van der Waals surface area contributed by atoms with Crippen LogP contribution in [0.5, 0.6) is 0 Å². The molecule has 0 aliphatic carbocycles. The molecule has 1 aromatic rings. The number of benzene rings is 1. The number of rotatable bonds is 1. The Bertz CT molecular complexity index is 278. The Labute approximate surface area is 89.4 Å². The predicted molar refractivity (Wildman–Crippen MR) is 51.8 cm³/mol. The monoisotopic (exact) mass is 350 g/mol. The van der Waals surface area contributed by atoms with Gasteiger partial charge in [0.25, 0.3) is 6.43 Å². The van der Waals surface area contributed by atoms with E-state index in [4.69, 9.17) is 0 Å². The van der Waals surface area contributed by atoms with Gasteiger partial charge in [0, 0.05) is 9.13 Å². The smallest absolute Gasteiger partial charge is 0.206 e. The van der Waals surface area contributed by atoms with Crippen molar-refractivity contribution in [2.45, 2.75) is 6.43 Å². The molecule has 0 nitrogen and oxygen atoms in total. The molecule has 0 aliphatic rings. The molecule has 0 bridgehead atoms. The molecule has 0 aliphatic heterocycles. The lowest BCUT2D eigenvalue weighted by atomic mass is 10.2. The molecular weight excluding hydrogens is 348 g/mol. The summed E-state index contributed by atoms with van der Waals surface area (Å²) in [6, 6.07) is 2.08. The summed E-state index contributed by atoms with van der Waals surface area (Å²) in [6.45, 7) is 0. The van der Waals surface area contributed by atoms with Crippen LogP contribution in [0.25, 0.3) is 0 Å². The minimum atomic E-state index is -2.62. The van der Waals surface area contributed by atoms with E-state index < -0.39 is 12.2 Å². The lowest BCUT2D eigenvalue weighted by Gasteiger charge is -2.03. The maximum absolute atomic E-state index is 12.8. The molecule has 0 atom stereocenters. The number of hydrogen-bond donors (Lipinski definition) is 0. The molecule has 0 saturated carbocycles. The van der Waals surface area contributed by atoms with Crippen molar-refractivity contribution >= 4 is 38.5 Å². The average molecular weight is 351 g/mol. The highest BCUT2D eigenvalue weighted by Gasteiger charge is 2.12. The van der Waals surface area contributed by atoms with Crippen molar-refractivity contribution in [1.29, 1.82) is 0 Å². The highest BCUT2D eigenvalue weighted by atomic mass is 127. The summed E-state index contributed by atoms with van der Waals surface area (Å²) in [5.74, 6) is -0.655. The predicted octanol–water partition coefficient (Wildman–Crippen LogP) is 4.13. The van der Waals surface area contributed by atoms with Gasteiger partial charge in [-0.3, -0.25) is 0 Å². The second-order valence-corrected chi connectivity index (χ2v) is 4.05. The van der Waals surface area contributed by atoms with Gasteiger partial charge in [-0.15, -0.1) is 0 Å². The molecule has 0 radical (unpaired) electrons. The minimum absolute atomic E-state index is 0.229. The molecular formula is C7H3BrF3I. The summed E-state index contributed by atoms with van der Waals surface area (Å²) < 4.78 is 37.6. The van der Waals surface area contributed by atoms with Crippen LogP contribution in [0.3, 0.4) is 0 Å². The molecule has 0 spiro atoms. The van der Waals surface area contributed by atoms with E-state index in [0.717, 1.165) is 6.07 Å². The summed E-state index contributed by atoms with van der Waals surface area (Å²) in [7, 11) is 0. The van der Waals surface area contributed by atoms with E-state index in [-0.39, 0.29) is 10.0 Å². The Morgan fingerprint density at radius 2 is 1.92 bits per heavy atom. The van der Waals surface area contributed by atoms with Gasteiger partial charge in [0.05, 0.1) is 4.47 Å².